The smallest absolute Gasteiger partial charge is 0.404 e. The van der Waals surface area contributed by atoms with Gasteiger partial charge in [0.1, 0.15) is 12.4 Å². The van der Waals surface area contributed by atoms with Gasteiger partial charge in [-0.2, -0.15) is 0 Å². The molecule has 0 radical (unpaired) electrons. The van der Waals surface area contributed by atoms with E-state index < -0.39 is 6.09 Å². The third kappa shape index (κ3) is 3.90. The van der Waals surface area contributed by atoms with Crippen LogP contribution in [0, 0.1) is 5.92 Å². The highest BCUT2D eigenvalue weighted by molar-refractivity contribution is 5.89. The molecule has 0 heterocycles. The van der Waals surface area contributed by atoms with Gasteiger partial charge in [-0.25, -0.2) is 4.79 Å². The van der Waals surface area contributed by atoms with Crippen LogP contribution in [0.5, 0.6) is 5.75 Å². The van der Waals surface area contributed by atoms with E-state index in [1.165, 1.54) is 5.56 Å². The normalized spacial score (nSPS) is 19.4. The minimum Gasteiger partial charge on any atom is -0.488 e. The molecule has 3 aromatic carbocycles. The van der Waals surface area contributed by atoms with E-state index in [1.54, 1.807) is 0 Å². The molecule has 3 atom stereocenters. The Morgan fingerprint density at radius 2 is 1.89 bits per heavy atom. The van der Waals surface area contributed by atoms with Crippen LogP contribution in [0.2, 0.25) is 0 Å². The first kappa shape index (κ1) is 17.4. The number of fused-ring (bicyclic) bond motifs is 1. The first-order valence-electron chi connectivity index (χ1n) is 9.30. The van der Waals surface area contributed by atoms with Crippen molar-refractivity contribution >= 4 is 16.9 Å². The molecule has 0 saturated heterocycles. The molecule has 4 nitrogen and oxygen atoms in total. The van der Waals surface area contributed by atoms with E-state index >= 15 is 0 Å². The number of rotatable bonds is 6. The molecule has 2 N–H and O–H groups in total. The van der Waals surface area contributed by atoms with Crippen molar-refractivity contribution in [2.45, 2.75) is 31.9 Å². The summed E-state index contributed by atoms with van der Waals surface area (Å²) in [4.78, 5) is 10.9. The second kappa shape index (κ2) is 7.31. The number of amides is 1. The number of carboxylic acid groups (broad SMARTS) is 1. The number of nitrogens with one attached hydrogen (secondary N) is 1. The van der Waals surface area contributed by atoms with Crippen LogP contribution < -0.4 is 10.1 Å². The Hall–Kier alpha value is -3.01. The highest BCUT2D eigenvalue weighted by Crippen LogP contribution is 2.44. The molecule has 4 rings (SSSR count). The number of benzene rings is 3. The minimum atomic E-state index is -0.944. The molecule has 0 aromatic heterocycles. The second-order valence-corrected chi connectivity index (χ2v) is 7.26. The quantitative estimate of drug-likeness (QED) is 0.636. The Labute approximate surface area is 158 Å². The fraction of sp³-hybridized carbons (Fsp3) is 0.261. The molecular weight excluding hydrogens is 338 g/mol. The monoisotopic (exact) mass is 361 g/mol. The van der Waals surface area contributed by atoms with Gasteiger partial charge in [0.05, 0.1) is 0 Å². The highest BCUT2D eigenvalue weighted by Gasteiger charge is 2.42. The van der Waals surface area contributed by atoms with E-state index in [2.05, 4.69) is 48.6 Å². The summed E-state index contributed by atoms with van der Waals surface area (Å²) in [6, 6.07) is 22.7. The number of hydrogen-bond acceptors (Lipinski definition) is 2. The predicted octanol–water partition coefficient (Wildman–Crippen LogP) is 5.18. The molecule has 1 fully saturated rings. The maximum atomic E-state index is 10.9. The Kier molecular flexibility index (Phi) is 4.71. The van der Waals surface area contributed by atoms with Gasteiger partial charge in [0.15, 0.2) is 0 Å². The minimum absolute atomic E-state index is 0.0534. The van der Waals surface area contributed by atoms with Crippen molar-refractivity contribution in [2.24, 2.45) is 5.92 Å². The SMILES string of the molecule is CC(c1cc(OCc2ccccc2)c2ccccc2c1)C1CC1NC(=O)O. The lowest BCUT2D eigenvalue weighted by Crippen LogP contribution is -2.25. The molecule has 27 heavy (non-hydrogen) atoms. The van der Waals surface area contributed by atoms with Gasteiger partial charge in [-0.1, -0.05) is 67.6 Å². The van der Waals surface area contributed by atoms with Gasteiger partial charge >= 0.3 is 6.09 Å². The average Bonchev–Trinajstić information content (AvgIpc) is 3.44. The standard InChI is InChI=1S/C23H23NO3/c1-15(20-13-21(20)24-23(25)26)18-11-17-9-5-6-10-19(17)22(12-18)27-14-16-7-3-2-4-8-16/h2-12,15,20-21,24H,13-14H2,1H3,(H,25,26). The zero-order valence-corrected chi connectivity index (χ0v) is 15.3. The van der Waals surface area contributed by atoms with Gasteiger partial charge in [-0.3, -0.25) is 0 Å². The Morgan fingerprint density at radius 1 is 1.15 bits per heavy atom. The average molecular weight is 361 g/mol. The number of carbonyl (C=O) groups is 1. The Morgan fingerprint density at radius 3 is 2.67 bits per heavy atom. The molecule has 1 aliphatic rings. The topological polar surface area (TPSA) is 58.6 Å². The molecule has 0 aliphatic heterocycles. The van der Waals surface area contributed by atoms with Crippen LogP contribution in [0.3, 0.4) is 0 Å². The van der Waals surface area contributed by atoms with Crippen LogP contribution in [0.1, 0.15) is 30.4 Å². The molecule has 3 aromatic rings. The van der Waals surface area contributed by atoms with Gasteiger partial charge in [-0.05, 0) is 40.8 Å². The zero-order chi connectivity index (χ0) is 18.8. The second-order valence-electron chi connectivity index (χ2n) is 7.26. The summed E-state index contributed by atoms with van der Waals surface area (Å²) < 4.78 is 6.18. The summed E-state index contributed by atoms with van der Waals surface area (Å²) in [5.74, 6) is 1.48. The number of ether oxygens (including phenoxy) is 1. The van der Waals surface area contributed by atoms with Crippen molar-refractivity contribution < 1.29 is 14.6 Å². The Balaban J connectivity index is 1.59. The highest BCUT2D eigenvalue weighted by atomic mass is 16.5. The Bertz CT molecular complexity index is 954. The number of hydrogen-bond donors (Lipinski definition) is 2. The third-order valence-electron chi connectivity index (χ3n) is 5.40. The summed E-state index contributed by atoms with van der Waals surface area (Å²) in [6.07, 6.45) is -0.0550. The molecule has 1 saturated carbocycles. The van der Waals surface area contributed by atoms with Gasteiger partial charge in [0.2, 0.25) is 0 Å². The van der Waals surface area contributed by atoms with E-state index in [0.29, 0.717) is 12.5 Å². The van der Waals surface area contributed by atoms with Crippen LogP contribution in [0.4, 0.5) is 4.79 Å². The first-order valence-corrected chi connectivity index (χ1v) is 9.30. The molecule has 138 valence electrons. The van der Waals surface area contributed by atoms with Crippen LogP contribution in [0.15, 0.2) is 66.7 Å². The molecule has 1 amide bonds. The maximum absolute atomic E-state index is 10.9. The maximum Gasteiger partial charge on any atom is 0.404 e. The van der Waals surface area contributed by atoms with Crippen LogP contribution in [-0.4, -0.2) is 17.2 Å². The molecule has 4 heteroatoms. The van der Waals surface area contributed by atoms with Crippen molar-refractivity contribution in [1.82, 2.24) is 5.32 Å². The predicted molar refractivity (Wildman–Crippen MR) is 106 cm³/mol. The van der Waals surface area contributed by atoms with Crippen molar-refractivity contribution in [2.75, 3.05) is 0 Å². The van der Waals surface area contributed by atoms with Gasteiger partial charge < -0.3 is 15.2 Å². The molecule has 0 spiro atoms. The van der Waals surface area contributed by atoms with Gasteiger partial charge in [0.25, 0.3) is 0 Å². The van der Waals surface area contributed by atoms with Gasteiger partial charge in [0, 0.05) is 11.4 Å². The van der Waals surface area contributed by atoms with E-state index in [1.807, 2.05) is 30.3 Å². The lowest BCUT2D eigenvalue weighted by molar-refractivity contribution is 0.193. The van der Waals surface area contributed by atoms with Crippen LogP contribution in [-0.2, 0) is 6.61 Å². The molecule has 0 bridgehead atoms. The van der Waals surface area contributed by atoms with E-state index in [9.17, 15) is 4.79 Å². The van der Waals surface area contributed by atoms with Crippen LogP contribution in [0.25, 0.3) is 10.8 Å². The summed E-state index contributed by atoms with van der Waals surface area (Å²) in [6.45, 7) is 2.69. The van der Waals surface area contributed by atoms with Crippen LogP contribution >= 0.6 is 0 Å². The van der Waals surface area contributed by atoms with Gasteiger partial charge in [-0.15, -0.1) is 0 Å². The lowest BCUT2D eigenvalue weighted by atomic mass is 9.93. The van der Waals surface area contributed by atoms with Crippen molar-refractivity contribution in [3.8, 4) is 5.75 Å². The van der Waals surface area contributed by atoms with Crippen molar-refractivity contribution in [3.63, 3.8) is 0 Å². The van der Waals surface area contributed by atoms with E-state index in [0.717, 1.165) is 28.5 Å². The fourth-order valence-corrected chi connectivity index (χ4v) is 3.75. The van der Waals surface area contributed by atoms with E-state index in [-0.39, 0.29) is 12.0 Å². The van der Waals surface area contributed by atoms with Crippen molar-refractivity contribution in [3.05, 3.63) is 77.9 Å². The molecule has 1 aliphatic carbocycles. The largest absolute Gasteiger partial charge is 0.488 e. The fourth-order valence-electron chi connectivity index (χ4n) is 3.75. The first-order chi connectivity index (χ1) is 13.1. The lowest BCUT2D eigenvalue weighted by Gasteiger charge is -2.16. The summed E-state index contributed by atoms with van der Waals surface area (Å²) in [5, 5.41) is 13.8. The summed E-state index contributed by atoms with van der Waals surface area (Å²) in [5.41, 5.74) is 2.32. The molecular formula is C23H23NO3. The summed E-state index contributed by atoms with van der Waals surface area (Å²) >= 11 is 0. The zero-order valence-electron chi connectivity index (χ0n) is 15.3. The van der Waals surface area contributed by atoms with E-state index in [4.69, 9.17) is 9.84 Å². The summed E-state index contributed by atoms with van der Waals surface area (Å²) in [7, 11) is 0. The third-order valence-corrected chi connectivity index (χ3v) is 5.40. The van der Waals surface area contributed by atoms with Crippen molar-refractivity contribution in [1.29, 1.82) is 0 Å². The molecule has 3 unspecified atom stereocenters.